The maximum Gasteiger partial charge on any atom is 0.0568 e. The molecule has 4 rings (SSSR count). The standard InChI is InChI=1S/C18H15BrN2/c1-12-10-13(6-7-16(12)19)21-17-5-3-2-4-14(17)15-11-20-9-8-18(15)21/h3,5-11H,2,4H2,1H3. The number of halogens is 1. The summed E-state index contributed by atoms with van der Waals surface area (Å²) in [5, 5.41) is 1.28. The normalized spacial score (nSPS) is 13.6. The van der Waals surface area contributed by atoms with Gasteiger partial charge in [0.05, 0.1) is 5.52 Å². The first-order chi connectivity index (χ1) is 10.3. The topological polar surface area (TPSA) is 17.8 Å². The zero-order valence-corrected chi connectivity index (χ0v) is 13.4. The molecule has 0 amide bonds. The number of aromatic nitrogens is 2. The summed E-state index contributed by atoms with van der Waals surface area (Å²) < 4.78 is 3.50. The fourth-order valence-corrected chi connectivity index (χ4v) is 3.37. The lowest BCUT2D eigenvalue weighted by Crippen LogP contribution is -2.00. The van der Waals surface area contributed by atoms with Gasteiger partial charge in [-0.15, -0.1) is 0 Å². The van der Waals surface area contributed by atoms with Crippen LogP contribution in [0.25, 0.3) is 22.7 Å². The van der Waals surface area contributed by atoms with Crippen LogP contribution in [0.15, 0.2) is 47.2 Å². The molecule has 0 unspecified atom stereocenters. The summed E-state index contributed by atoms with van der Waals surface area (Å²) in [6.07, 6.45) is 10.6. The fraction of sp³-hybridized carbons (Fsp3) is 0.167. The summed E-state index contributed by atoms with van der Waals surface area (Å²) in [5.74, 6) is 0. The Labute approximate surface area is 132 Å². The molecular weight excluding hydrogens is 324 g/mol. The van der Waals surface area contributed by atoms with Crippen LogP contribution in [0.1, 0.15) is 23.2 Å². The molecule has 2 aromatic heterocycles. The molecule has 2 heterocycles. The van der Waals surface area contributed by atoms with Crippen LogP contribution in [0.2, 0.25) is 0 Å². The molecule has 0 N–H and O–H groups in total. The third-order valence-corrected chi connectivity index (χ3v) is 5.04. The molecule has 2 nitrogen and oxygen atoms in total. The van der Waals surface area contributed by atoms with Crippen LogP contribution in [-0.4, -0.2) is 9.55 Å². The first-order valence-electron chi connectivity index (χ1n) is 7.16. The van der Waals surface area contributed by atoms with Crippen LogP contribution in [0.5, 0.6) is 0 Å². The second-order valence-corrected chi connectivity index (χ2v) is 6.32. The summed E-state index contributed by atoms with van der Waals surface area (Å²) in [5.41, 5.74) is 6.41. The van der Waals surface area contributed by atoms with Gasteiger partial charge in [0, 0.05) is 33.6 Å². The van der Waals surface area contributed by atoms with Crippen molar-refractivity contribution >= 4 is 32.9 Å². The summed E-state index contributed by atoms with van der Waals surface area (Å²) >= 11 is 3.58. The molecule has 3 heteroatoms. The smallest absolute Gasteiger partial charge is 0.0568 e. The van der Waals surface area contributed by atoms with Crippen LogP contribution >= 0.6 is 15.9 Å². The van der Waals surface area contributed by atoms with Crippen LogP contribution in [0.3, 0.4) is 0 Å². The molecular formula is C18H15BrN2. The maximum atomic E-state index is 4.31. The van der Waals surface area contributed by atoms with E-state index < -0.39 is 0 Å². The minimum atomic E-state index is 1.09. The van der Waals surface area contributed by atoms with E-state index in [0.717, 1.165) is 17.3 Å². The minimum Gasteiger partial charge on any atom is -0.309 e. The Balaban J connectivity index is 2.08. The molecule has 0 saturated heterocycles. The van der Waals surface area contributed by atoms with Crippen LogP contribution in [0.4, 0.5) is 0 Å². The van der Waals surface area contributed by atoms with Crippen molar-refractivity contribution in [1.29, 1.82) is 0 Å². The van der Waals surface area contributed by atoms with E-state index in [2.05, 4.69) is 68.8 Å². The molecule has 0 radical (unpaired) electrons. The number of pyridine rings is 1. The zero-order chi connectivity index (χ0) is 14.4. The first-order valence-corrected chi connectivity index (χ1v) is 7.95. The van der Waals surface area contributed by atoms with Crippen molar-refractivity contribution < 1.29 is 0 Å². The lowest BCUT2D eigenvalue weighted by atomic mass is 10.0. The van der Waals surface area contributed by atoms with E-state index in [9.17, 15) is 0 Å². The van der Waals surface area contributed by atoms with Gasteiger partial charge in [0.1, 0.15) is 0 Å². The minimum absolute atomic E-state index is 1.09. The summed E-state index contributed by atoms with van der Waals surface area (Å²) in [6.45, 7) is 2.13. The molecule has 104 valence electrons. The molecule has 1 aliphatic carbocycles. The van der Waals surface area contributed by atoms with Crippen molar-refractivity contribution in [3.8, 4) is 5.69 Å². The van der Waals surface area contributed by atoms with Gasteiger partial charge in [0.2, 0.25) is 0 Å². The second-order valence-electron chi connectivity index (χ2n) is 5.47. The highest BCUT2D eigenvalue weighted by Crippen LogP contribution is 2.34. The van der Waals surface area contributed by atoms with Gasteiger partial charge < -0.3 is 4.57 Å². The number of fused-ring (bicyclic) bond motifs is 3. The van der Waals surface area contributed by atoms with E-state index in [1.807, 2.05) is 12.4 Å². The van der Waals surface area contributed by atoms with E-state index in [4.69, 9.17) is 0 Å². The van der Waals surface area contributed by atoms with Gasteiger partial charge in [-0.1, -0.05) is 22.0 Å². The molecule has 0 spiro atoms. The Morgan fingerprint density at radius 2 is 2.14 bits per heavy atom. The van der Waals surface area contributed by atoms with Gasteiger partial charge in [-0.05, 0) is 61.2 Å². The molecule has 0 aliphatic heterocycles. The summed E-state index contributed by atoms with van der Waals surface area (Å²) in [7, 11) is 0. The predicted molar refractivity (Wildman–Crippen MR) is 90.9 cm³/mol. The number of rotatable bonds is 1. The monoisotopic (exact) mass is 338 g/mol. The highest BCUT2D eigenvalue weighted by Gasteiger charge is 2.18. The average molecular weight is 339 g/mol. The molecule has 1 aromatic carbocycles. The maximum absolute atomic E-state index is 4.31. The number of hydrogen-bond acceptors (Lipinski definition) is 1. The first kappa shape index (κ1) is 12.8. The molecule has 0 atom stereocenters. The van der Waals surface area contributed by atoms with Gasteiger partial charge >= 0.3 is 0 Å². The van der Waals surface area contributed by atoms with Gasteiger partial charge in [-0.25, -0.2) is 0 Å². The number of nitrogens with zero attached hydrogens (tertiary/aromatic N) is 2. The Morgan fingerprint density at radius 3 is 3.00 bits per heavy atom. The molecule has 3 aromatic rings. The van der Waals surface area contributed by atoms with Gasteiger partial charge in [0.25, 0.3) is 0 Å². The summed E-state index contributed by atoms with van der Waals surface area (Å²) in [6, 6.07) is 8.63. The number of benzene rings is 1. The van der Waals surface area contributed by atoms with Crippen molar-refractivity contribution in [1.82, 2.24) is 9.55 Å². The van der Waals surface area contributed by atoms with Gasteiger partial charge in [0.15, 0.2) is 0 Å². The fourth-order valence-electron chi connectivity index (χ4n) is 3.12. The van der Waals surface area contributed by atoms with E-state index in [1.54, 1.807) is 0 Å². The van der Waals surface area contributed by atoms with Crippen LogP contribution in [-0.2, 0) is 6.42 Å². The molecule has 1 aliphatic rings. The third-order valence-electron chi connectivity index (χ3n) is 4.15. The summed E-state index contributed by atoms with van der Waals surface area (Å²) in [4.78, 5) is 4.31. The number of allylic oxidation sites excluding steroid dienone is 1. The average Bonchev–Trinajstić information content (AvgIpc) is 2.85. The van der Waals surface area contributed by atoms with Crippen molar-refractivity contribution in [2.75, 3.05) is 0 Å². The van der Waals surface area contributed by atoms with E-state index in [1.165, 1.54) is 33.4 Å². The number of aryl methyl sites for hydroxylation is 2. The van der Waals surface area contributed by atoms with Crippen molar-refractivity contribution in [3.63, 3.8) is 0 Å². The largest absolute Gasteiger partial charge is 0.309 e. The lowest BCUT2D eigenvalue weighted by molar-refractivity contribution is 0.967. The molecule has 0 saturated carbocycles. The Bertz CT molecular complexity index is 874. The third kappa shape index (κ3) is 1.95. The van der Waals surface area contributed by atoms with Gasteiger partial charge in [-0.3, -0.25) is 4.98 Å². The highest BCUT2D eigenvalue weighted by atomic mass is 79.9. The number of hydrogen-bond donors (Lipinski definition) is 0. The Morgan fingerprint density at radius 1 is 1.24 bits per heavy atom. The Hall–Kier alpha value is -1.87. The lowest BCUT2D eigenvalue weighted by Gasteiger charge is -2.13. The molecule has 0 fully saturated rings. The van der Waals surface area contributed by atoms with Crippen LogP contribution < -0.4 is 0 Å². The van der Waals surface area contributed by atoms with Gasteiger partial charge in [-0.2, -0.15) is 0 Å². The van der Waals surface area contributed by atoms with E-state index >= 15 is 0 Å². The van der Waals surface area contributed by atoms with Crippen molar-refractivity contribution in [2.24, 2.45) is 0 Å². The van der Waals surface area contributed by atoms with Crippen molar-refractivity contribution in [2.45, 2.75) is 19.8 Å². The second kappa shape index (κ2) is 4.85. The van der Waals surface area contributed by atoms with Crippen molar-refractivity contribution in [3.05, 3.63) is 64.0 Å². The predicted octanol–water partition coefficient (Wildman–Crippen LogP) is 5.06. The molecule has 0 bridgehead atoms. The highest BCUT2D eigenvalue weighted by molar-refractivity contribution is 9.10. The SMILES string of the molecule is Cc1cc(-n2c3c(c4cnccc42)CCC=C3)ccc1Br. The zero-order valence-electron chi connectivity index (χ0n) is 11.8. The van der Waals surface area contributed by atoms with E-state index in [-0.39, 0.29) is 0 Å². The molecule has 21 heavy (non-hydrogen) atoms. The van der Waals surface area contributed by atoms with Crippen LogP contribution in [0, 0.1) is 6.92 Å². The Kier molecular flexibility index (Phi) is 2.96. The van der Waals surface area contributed by atoms with E-state index in [0.29, 0.717) is 0 Å². The quantitative estimate of drug-likeness (QED) is 0.606.